The molecular formula is C18H24O. The minimum Gasteiger partial charge on any atom is -0.303 e. The quantitative estimate of drug-likeness (QED) is 0.639. The maximum Gasteiger partial charge on any atom is 0.126 e. The third kappa shape index (κ3) is 1.57. The summed E-state index contributed by atoms with van der Waals surface area (Å²) in [5.41, 5.74) is 1.72. The molecule has 0 bridgehead atoms. The summed E-state index contributed by atoms with van der Waals surface area (Å²) in [7, 11) is 0. The van der Waals surface area contributed by atoms with E-state index in [-0.39, 0.29) is 5.41 Å². The van der Waals surface area contributed by atoms with Crippen molar-refractivity contribution >= 4 is 6.29 Å². The van der Waals surface area contributed by atoms with Crippen molar-refractivity contribution < 1.29 is 4.79 Å². The zero-order valence-electron chi connectivity index (χ0n) is 11.7. The zero-order valence-corrected chi connectivity index (χ0v) is 11.7. The van der Waals surface area contributed by atoms with Gasteiger partial charge in [-0.25, -0.2) is 0 Å². The van der Waals surface area contributed by atoms with Crippen LogP contribution >= 0.6 is 0 Å². The number of aldehydes is 1. The Morgan fingerprint density at radius 3 is 2.95 bits per heavy atom. The summed E-state index contributed by atoms with van der Waals surface area (Å²) in [6.07, 6.45) is 18.7. The van der Waals surface area contributed by atoms with Gasteiger partial charge in [-0.3, -0.25) is 0 Å². The lowest BCUT2D eigenvalue weighted by molar-refractivity contribution is -0.133. The molecule has 102 valence electrons. The fourth-order valence-electron chi connectivity index (χ4n) is 5.82. The Labute approximate surface area is 116 Å². The van der Waals surface area contributed by atoms with Crippen LogP contribution in [0.1, 0.15) is 51.4 Å². The molecule has 5 unspecified atom stereocenters. The first-order chi connectivity index (χ1) is 9.35. The van der Waals surface area contributed by atoms with Crippen molar-refractivity contribution in [2.45, 2.75) is 51.4 Å². The fourth-order valence-corrected chi connectivity index (χ4v) is 5.82. The molecular weight excluding hydrogens is 232 g/mol. The molecule has 1 nitrogen and oxygen atoms in total. The second-order valence-electron chi connectivity index (χ2n) is 7.20. The molecule has 3 saturated carbocycles. The Bertz CT molecular complexity index is 447. The van der Waals surface area contributed by atoms with E-state index in [1.54, 1.807) is 5.57 Å². The molecule has 4 aliphatic rings. The maximum atomic E-state index is 12.0. The molecule has 0 aromatic heterocycles. The number of hydrogen-bond donors (Lipinski definition) is 0. The monoisotopic (exact) mass is 256 g/mol. The molecule has 0 N–H and O–H groups in total. The zero-order chi connectivity index (χ0) is 12.9. The third-order valence-corrected chi connectivity index (χ3v) is 6.67. The fraction of sp³-hybridized carbons (Fsp3) is 0.722. The molecule has 0 aliphatic heterocycles. The SMILES string of the molecule is O=CC12CCCCC1CCC1C3=CC=CC3CCC12. The van der Waals surface area contributed by atoms with E-state index in [1.165, 1.54) is 57.7 Å². The molecule has 5 atom stereocenters. The van der Waals surface area contributed by atoms with Crippen molar-refractivity contribution in [1.29, 1.82) is 0 Å². The highest BCUT2D eigenvalue weighted by atomic mass is 16.1. The first kappa shape index (κ1) is 11.9. The van der Waals surface area contributed by atoms with Gasteiger partial charge in [0, 0.05) is 5.41 Å². The van der Waals surface area contributed by atoms with E-state index >= 15 is 0 Å². The molecule has 1 heteroatoms. The highest BCUT2D eigenvalue weighted by Gasteiger charge is 2.54. The smallest absolute Gasteiger partial charge is 0.126 e. The van der Waals surface area contributed by atoms with Gasteiger partial charge in [-0.1, -0.05) is 36.6 Å². The lowest BCUT2D eigenvalue weighted by Crippen LogP contribution is -2.50. The predicted molar refractivity (Wildman–Crippen MR) is 76.6 cm³/mol. The van der Waals surface area contributed by atoms with Crippen molar-refractivity contribution in [2.75, 3.05) is 0 Å². The van der Waals surface area contributed by atoms with E-state index in [2.05, 4.69) is 18.2 Å². The number of rotatable bonds is 1. The number of carbonyl (C=O) groups excluding carboxylic acids is 1. The van der Waals surface area contributed by atoms with Crippen LogP contribution in [0.4, 0.5) is 0 Å². The number of hydrogen-bond acceptors (Lipinski definition) is 1. The Kier molecular flexibility index (Phi) is 2.72. The van der Waals surface area contributed by atoms with E-state index in [0.717, 1.165) is 0 Å². The van der Waals surface area contributed by atoms with E-state index in [9.17, 15) is 4.79 Å². The van der Waals surface area contributed by atoms with Crippen molar-refractivity contribution in [1.82, 2.24) is 0 Å². The highest BCUT2D eigenvalue weighted by molar-refractivity contribution is 5.62. The molecule has 3 fully saturated rings. The average molecular weight is 256 g/mol. The van der Waals surface area contributed by atoms with E-state index < -0.39 is 0 Å². The second kappa shape index (κ2) is 4.33. The molecule has 0 radical (unpaired) electrons. The van der Waals surface area contributed by atoms with Crippen LogP contribution in [0.25, 0.3) is 0 Å². The molecule has 19 heavy (non-hydrogen) atoms. The topological polar surface area (TPSA) is 17.1 Å². The number of allylic oxidation sites excluding steroid dienone is 4. The summed E-state index contributed by atoms with van der Waals surface area (Å²) in [5.74, 6) is 2.79. The van der Waals surface area contributed by atoms with Crippen LogP contribution in [-0.4, -0.2) is 6.29 Å². The molecule has 4 rings (SSSR count). The Balaban J connectivity index is 1.71. The standard InChI is InChI=1S/C18H24O/c19-12-18-11-2-1-5-14(18)8-9-16-15-6-3-4-13(15)7-10-17(16)18/h3-4,6,12-14,16-17H,1-2,5,7-11H2. The summed E-state index contributed by atoms with van der Waals surface area (Å²) in [5, 5.41) is 0. The van der Waals surface area contributed by atoms with Crippen molar-refractivity contribution in [2.24, 2.45) is 29.1 Å². The molecule has 0 aromatic rings. The molecule has 0 spiro atoms. The van der Waals surface area contributed by atoms with Gasteiger partial charge in [-0.2, -0.15) is 0 Å². The summed E-state index contributed by atoms with van der Waals surface area (Å²) >= 11 is 0. The van der Waals surface area contributed by atoms with Gasteiger partial charge in [0.25, 0.3) is 0 Å². The Morgan fingerprint density at radius 2 is 2.05 bits per heavy atom. The van der Waals surface area contributed by atoms with Gasteiger partial charge in [0.05, 0.1) is 0 Å². The molecule has 0 aromatic carbocycles. The largest absolute Gasteiger partial charge is 0.303 e. The van der Waals surface area contributed by atoms with E-state index in [4.69, 9.17) is 0 Å². The van der Waals surface area contributed by atoms with Crippen LogP contribution in [0.5, 0.6) is 0 Å². The molecule has 0 heterocycles. The highest BCUT2D eigenvalue weighted by Crippen LogP contribution is 2.60. The van der Waals surface area contributed by atoms with Crippen LogP contribution in [-0.2, 0) is 4.79 Å². The summed E-state index contributed by atoms with van der Waals surface area (Å²) in [6, 6.07) is 0. The van der Waals surface area contributed by atoms with Gasteiger partial charge in [-0.15, -0.1) is 0 Å². The van der Waals surface area contributed by atoms with Crippen LogP contribution in [0.2, 0.25) is 0 Å². The van der Waals surface area contributed by atoms with Gasteiger partial charge < -0.3 is 4.79 Å². The Morgan fingerprint density at radius 1 is 1.11 bits per heavy atom. The van der Waals surface area contributed by atoms with Crippen LogP contribution in [0.15, 0.2) is 23.8 Å². The number of fused-ring (bicyclic) bond motifs is 5. The van der Waals surface area contributed by atoms with Gasteiger partial charge in [0.2, 0.25) is 0 Å². The second-order valence-corrected chi connectivity index (χ2v) is 7.20. The molecule has 0 amide bonds. The summed E-state index contributed by atoms with van der Waals surface area (Å²) in [4.78, 5) is 12.0. The third-order valence-electron chi connectivity index (χ3n) is 6.67. The van der Waals surface area contributed by atoms with Gasteiger partial charge in [0.1, 0.15) is 6.29 Å². The number of carbonyl (C=O) groups is 1. The van der Waals surface area contributed by atoms with Crippen molar-refractivity contribution in [3.8, 4) is 0 Å². The van der Waals surface area contributed by atoms with Gasteiger partial charge in [-0.05, 0) is 62.2 Å². The normalized spacial score (nSPS) is 47.9. The first-order valence-electron chi connectivity index (χ1n) is 8.20. The van der Waals surface area contributed by atoms with E-state index in [1.807, 2.05) is 0 Å². The van der Waals surface area contributed by atoms with Crippen LogP contribution < -0.4 is 0 Å². The average Bonchev–Trinajstić information content (AvgIpc) is 2.95. The van der Waals surface area contributed by atoms with Crippen LogP contribution in [0, 0.1) is 29.1 Å². The lowest BCUT2D eigenvalue weighted by Gasteiger charge is -2.55. The first-order valence-corrected chi connectivity index (χ1v) is 8.20. The van der Waals surface area contributed by atoms with E-state index in [0.29, 0.717) is 23.7 Å². The Hall–Kier alpha value is -0.850. The van der Waals surface area contributed by atoms with Gasteiger partial charge in [0.15, 0.2) is 0 Å². The summed E-state index contributed by atoms with van der Waals surface area (Å²) in [6.45, 7) is 0. The van der Waals surface area contributed by atoms with Crippen LogP contribution in [0.3, 0.4) is 0 Å². The molecule has 4 aliphatic carbocycles. The predicted octanol–water partition coefficient (Wildman–Crippen LogP) is 4.29. The van der Waals surface area contributed by atoms with Crippen molar-refractivity contribution in [3.05, 3.63) is 23.8 Å². The minimum atomic E-state index is 0.0512. The maximum absolute atomic E-state index is 12.0. The summed E-state index contributed by atoms with van der Waals surface area (Å²) < 4.78 is 0. The lowest BCUT2D eigenvalue weighted by atomic mass is 9.48. The minimum absolute atomic E-state index is 0.0512. The molecule has 0 saturated heterocycles. The van der Waals surface area contributed by atoms with Gasteiger partial charge >= 0.3 is 0 Å². The van der Waals surface area contributed by atoms with Crippen molar-refractivity contribution in [3.63, 3.8) is 0 Å².